The van der Waals surface area contributed by atoms with Crippen LogP contribution in [0, 0.1) is 5.82 Å². The van der Waals surface area contributed by atoms with Gasteiger partial charge in [-0.2, -0.15) is 0 Å². The van der Waals surface area contributed by atoms with E-state index in [0.29, 0.717) is 12.0 Å². The molecule has 0 radical (unpaired) electrons. The van der Waals surface area contributed by atoms with E-state index in [1.54, 1.807) is 0 Å². The SMILES string of the molecule is O=C(O)c1cc(F)cc2[nH]c(SO)nc12. The van der Waals surface area contributed by atoms with Crippen LogP contribution >= 0.6 is 12.0 Å². The summed E-state index contributed by atoms with van der Waals surface area (Å²) in [6.45, 7) is 0. The van der Waals surface area contributed by atoms with E-state index < -0.39 is 11.8 Å². The number of hydrogen-bond acceptors (Lipinski definition) is 4. The molecule has 0 spiro atoms. The molecule has 15 heavy (non-hydrogen) atoms. The molecule has 3 N–H and O–H groups in total. The Morgan fingerprint density at radius 2 is 2.27 bits per heavy atom. The van der Waals surface area contributed by atoms with Crippen molar-refractivity contribution in [2.24, 2.45) is 0 Å². The van der Waals surface area contributed by atoms with Crippen molar-refractivity contribution in [3.8, 4) is 0 Å². The highest BCUT2D eigenvalue weighted by Gasteiger charge is 2.14. The van der Waals surface area contributed by atoms with Crippen molar-refractivity contribution in [1.29, 1.82) is 0 Å². The van der Waals surface area contributed by atoms with E-state index in [1.807, 2.05) is 0 Å². The molecule has 7 heteroatoms. The Hall–Kier alpha value is -1.60. The van der Waals surface area contributed by atoms with Crippen molar-refractivity contribution in [2.45, 2.75) is 5.16 Å². The molecule has 0 unspecified atom stereocenters. The van der Waals surface area contributed by atoms with Crippen molar-refractivity contribution >= 4 is 29.0 Å². The van der Waals surface area contributed by atoms with Crippen molar-refractivity contribution in [3.63, 3.8) is 0 Å². The average molecular weight is 228 g/mol. The van der Waals surface area contributed by atoms with Crippen LogP contribution in [-0.4, -0.2) is 25.6 Å². The lowest BCUT2D eigenvalue weighted by Gasteiger charge is -1.95. The number of carboxylic acid groups (broad SMARTS) is 1. The van der Waals surface area contributed by atoms with Crippen LogP contribution in [0.1, 0.15) is 10.4 Å². The zero-order chi connectivity index (χ0) is 11.0. The molecule has 0 aliphatic heterocycles. The average Bonchev–Trinajstić information content (AvgIpc) is 2.58. The van der Waals surface area contributed by atoms with Gasteiger partial charge < -0.3 is 14.6 Å². The summed E-state index contributed by atoms with van der Waals surface area (Å²) in [7, 11) is 0. The third-order valence-electron chi connectivity index (χ3n) is 1.85. The van der Waals surface area contributed by atoms with E-state index in [0.717, 1.165) is 12.1 Å². The number of aromatic carboxylic acids is 1. The summed E-state index contributed by atoms with van der Waals surface area (Å²) in [5.41, 5.74) is 0.131. The third-order valence-corrected chi connectivity index (χ3v) is 2.21. The van der Waals surface area contributed by atoms with Gasteiger partial charge >= 0.3 is 5.97 Å². The van der Waals surface area contributed by atoms with E-state index in [4.69, 9.17) is 9.66 Å². The standard InChI is InChI=1S/C8H5FN2O3S/c9-3-1-4(7(12)13)6-5(2-3)10-8(11-6)15-14/h1-2,14H,(H,10,11)(H,12,13). The monoisotopic (exact) mass is 228 g/mol. The van der Waals surface area contributed by atoms with Crippen LogP contribution in [0.5, 0.6) is 0 Å². The van der Waals surface area contributed by atoms with Crippen LogP contribution in [0.3, 0.4) is 0 Å². The second kappa shape index (κ2) is 3.52. The lowest BCUT2D eigenvalue weighted by Crippen LogP contribution is -1.98. The number of nitrogens with zero attached hydrogens (tertiary/aromatic N) is 1. The van der Waals surface area contributed by atoms with Crippen LogP contribution in [0.4, 0.5) is 4.39 Å². The first kappa shape index (κ1) is 9.94. The fourth-order valence-corrected chi connectivity index (χ4v) is 1.55. The normalized spacial score (nSPS) is 10.8. The summed E-state index contributed by atoms with van der Waals surface area (Å²) < 4.78 is 21.7. The van der Waals surface area contributed by atoms with Crippen LogP contribution < -0.4 is 0 Å². The van der Waals surface area contributed by atoms with Crippen LogP contribution in [0.25, 0.3) is 11.0 Å². The summed E-state index contributed by atoms with van der Waals surface area (Å²) in [6.07, 6.45) is 0. The molecule has 0 aliphatic carbocycles. The van der Waals surface area contributed by atoms with Gasteiger partial charge in [-0.3, -0.25) is 0 Å². The maximum Gasteiger partial charge on any atom is 0.338 e. The van der Waals surface area contributed by atoms with Crippen LogP contribution in [0.15, 0.2) is 17.3 Å². The van der Waals surface area contributed by atoms with E-state index in [2.05, 4.69) is 9.97 Å². The highest BCUT2D eigenvalue weighted by molar-refractivity contribution is 7.93. The topological polar surface area (TPSA) is 86.2 Å². The van der Waals surface area contributed by atoms with Gasteiger partial charge in [-0.05, 0) is 12.1 Å². The molecule has 0 aliphatic rings. The second-order valence-electron chi connectivity index (χ2n) is 2.79. The number of H-pyrrole nitrogens is 1. The maximum atomic E-state index is 13.0. The Labute approximate surface area is 87.2 Å². The molecule has 5 nitrogen and oxygen atoms in total. The zero-order valence-electron chi connectivity index (χ0n) is 7.19. The highest BCUT2D eigenvalue weighted by Crippen LogP contribution is 2.22. The van der Waals surface area contributed by atoms with Gasteiger partial charge in [0, 0.05) is 0 Å². The number of fused-ring (bicyclic) bond motifs is 1. The molecule has 2 rings (SSSR count). The van der Waals surface area contributed by atoms with Crippen molar-refractivity contribution < 1.29 is 18.8 Å². The molecule has 2 aromatic rings. The number of aromatic amines is 1. The lowest BCUT2D eigenvalue weighted by atomic mass is 10.2. The minimum atomic E-state index is -1.26. The van der Waals surface area contributed by atoms with Crippen molar-refractivity contribution in [1.82, 2.24) is 9.97 Å². The smallest absolute Gasteiger partial charge is 0.338 e. The highest BCUT2D eigenvalue weighted by atomic mass is 32.2. The Kier molecular flexibility index (Phi) is 2.33. The number of rotatable bonds is 2. The number of nitrogens with one attached hydrogen (secondary N) is 1. The quantitative estimate of drug-likeness (QED) is 0.684. The third kappa shape index (κ3) is 1.66. The fraction of sp³-hybridized carbons (Fsp3) is 0. The first-order valence-electron chi connectivity index (χ1n) is 3.86. The summed E-state index contributed by atoms with van der Waals surface area (Å²) in [5, 5.41) is 8.92. The Morgan fingerprint density at radius 1 is 1.53 bits per heavy atom. The van der Waals surface area contributed by atoms with Gasteiger partial charge in [-0.25, -0.2) is 14.2 Å². The lowest BCUT2D eigenvalue weighted by molar-refractivity contribution is 0.0698. The molecule has 1 heterocycles. The maximum absolute atomic E-state index is 13.0. The number of carboxylic acids is 1. The van der Waals surface area contributed by atoms with Gasteiger partial charge in [0.05, 0.1) is 23.1 Å². The predicted octanol–water partition coefficient (Wildman–Crippen LogP) is 1.97. The van der Waals surface area contributed by atoms with E-state index in [-0.39, 0.29) is 21.8 Å². The molecule has 1 aromatic carbocycles. The Balaban J connectivity index is 2.77. The number of benzene rings is 1. The van der Waals surface area contributed by atoms with Gasteiger partial charge in [0.25, 0.3) is 0 Å². The molecule has 0 atom stereocenters. The Morgan fingerprint density at radius 3 is 2.87 bits per heavy atom. The van der Waals surface area contributed by atoms with Crippen LogP contribution in [-0.2, 0) is 0 Å². The first-order valence-corrected chi connectivity index (χ1v) is 4.63. The van der Waals surface area contributed by atoms with Gasteiger partial charge in [0.1, 0.15) is 11.3 Å². The van der Waals surface area contributed by atoms with E-state index in [9.17, 15) is 9.18 Å². The summed E-state index contributed by atoms with van der Waals surface area (Å²) in [6, 6.07) is 2.01. The molecule has 78 valence electrons. The van der Waals surface area contributed by atoms with Crippen LogP contribution in [0.2, 0.25) is 0 Å². The van der Waals surface area contributed by atoms with E-state index >= 15 is 0 Å². The summed E-state index contributed by atoms with van der Waals surface area (Å²) in [5.74, 6) is -1.93. The minimum absolute atomic E-state index is 0.123. The molecular formula is C8H5FN2O3S. The number of halogens is 1. The van der Waals surface area contributed by atoms with Gasteiger partial charge in [-0.15, -0.1) is 0 Å². The number of aromatic nitrogens is 2. The number of imidazole rings is 1. The minimum Gasteiger partial charge on any atom is -0.478 e. The fourth-order valence-electron chi connectivity index (χ4n) is 1.27. The molecule has 0 fully saturated rings. The van der Waals surface area contributed by atoms with E-state index in [1.165, 1.54) is 0 Å². The molecular weight excluding hydrogens is 223 g/mol. The summed E-state index contributed by atoms with van der Waals surface area (Å²) in [4.78, 5) is 17.2. The largest absolute Gasteiger partial charge is 0.478 e. The van der Waals surface area contributed by atoms with Crippen molar-refractivity contribution in [3.05, 3.63) is 23.5 Å². The second-order valence-corrected chi connectivity index (χ2v) is 3.36. The van der Waals surface area contributed by atoms with Gasteiger partial charge in [0.15, 0.2) is 5.16 Å². The summed E-state index contributed by atoms with van der Waals surface area (Å²) >= 11 is 0.339. The van der Waals surface area contributed by atoms with Gasteiger partial charge in [-0.1, -0.05) is 0 Å². The molecule has 1 aromatic heterocycles. The molecule has 0 bridgehead atoms. The number of carbonyl (C=O) groups is 1. The van der Waals surface area contributed by atoms with Crippen molar-refractivity contribution in [2.75, 3.05) is 0 Å². The zero-order valence-corrected chi connectivity index (χ0v) is 8.01. The van der Waals surface area contributed by atoms with Gasteiger partial charge in [0.2, 0.25) is 0 Å². The number of hydrogen-bond donors (Lipinski definition) is 3. The molecule has 0 saturated carbocycles. The predicted molar refractivity (Wildman–Crippen MR) is 51.5 cm³/mol. The molecule has 0 amide bonds. The molecule has 0 saturated heterocycles. The Bertz CT molecular complexity index is 540. The first-order chi connectivity index (χ1) is 7.11.